The third-order valence-corrected chi connectivity index (χ3v) is 6.37. The number of carbonyl (C=O) groups excluding carboxylic acids is 2. The third-order valence-electron chi connectivity index (χ3n) is 4.41. The second kappa shape index (κ2) is 10.5. The van der Waals surface area contributed by atoms with Gasteiger partial charge in [-0.3, -0.25) is 9.59 Å². The molecule has 3 aromatic rings. The van der Waals surface area contributed by atoms with Gasteiger partial charge in [-0.15, -0.1) is 28.1 Å². The fourth-order valence-corrected chi connectivity index (χ4v) is 4.38. The van der Waals surface area contributed by atoms with Gasteiger partial charge in [-0.05, 0) is 32.9 Å². The average molecular weight is 475 g/mol. The van der Waals surface area contributed by atoms with E-state index in [1.165, 1.54) is 41.3 Å². The van der Waals surface area contributed by atoms with Gasteiger partial charge in [0.25, 0.3) is 5.91 Å². The fraction of sp³-hybridized carbons (Fsp3) is 0.286. The van der Waals surface area contributed by atoms with Crippen molar-refractivity contribution in [3.05, 3.63) is 65.2 Å². The maximum absolute atomic E-state index is 13.9. The second-order valence-electron chi connectivity index (χ2n) is 6.96. The van der Waals surface area contributed by atoms with Crippen LogP contribution in [0.4, 0.5) is 9.52 Å². The minimum absolute atomic E-state index is 0.0496. The molecule has 0 radical (unpaired) electrons. The molecule has 2 atom stereocenters. The van der Waals surface area contributed by atoms with E-state index in [9.17, 15) is 14.0 Å². The first-order valence-electron chi connectivity index (χ1n) is 9.79. The van der Waals surface area contributed by atoms with Gasteiger partial charge < -0.3 is 15.2 Å². The maximum Gasteiger partial charge on any atom is 0.254 e. The quantitative estimate of drug-likeness (QED) is 0.359. The predicted octanol–water partition coefficient (Wildman–Crippen LogP) is 3.98. The van der Waals surface area contributed by atoms with Crippen LogP contribution in [-0.2, 0) is 11.3 Å². The van der Waals surface area contributed by atoms with Crippen molar-refractivity contribution in [1.82, 2.24) is 25.1 Å². The van der Waals surface area contributed by atoms with Gasteiger partial charge in [0.2, 0.25) is 5.91 Å². The first kappa shape index (κ1) is 23.6. The highest BCUT2D eigenvalue weighted by atomic mass is 32.2. The number of carbonyl (C=O) groups is 2. The number of hydrogen-bond donors (Lipinski definition) is 2. The van der Waals surface area contributed by atoms with E-state index in [1.54, 1.807) is 30.6 Å². The average Bonchev–Trinajstić information content (AvgIpc) is 3.34. The van der Waals surface area contributed by atoms with Gasteiger partial charge in [0.1, 0.15) is 5.82 Å². The Hall–Kier alpha value is -3.05. The van der Waals surface area contributed by atoms with E-state index in [4.69, 9.17) is 0 Å². The van der Waals surface area contributed by atoms with Crippen LogP contribution in [0.5, 0.6) is 0 Å². The maximum atomic E-state index is 13.9. The molecule has 0 bridgehead atoms. The van der Waals surface area contributed by atoms with Gasteiger partial charge in [-0.2, -0.15) is 0 Å². The van der Waals surface area contributed by atoms with Crippen molar-refractivity contribution in [3.63, 3.8) is 0 Å². The normalized spacial score (nSPS) is 12.8. The van der Waals surface area contributed by atoms with Crippen LogP contribution in [0.2, 0.25) is 0 Å². The van der Waals surface area contributed by atoms with Gasteiger partial charge in [-0.1, -0.05) is 30.0 Å². The van der Waals surface area contributed by atoms with E-state index in [1.807, 2.05) is 12.3 Å². The Kier molecular flexibility index (Phi) is 7.75. The van der Waals surface area contributed by atoms with Crippen molar-refractivity contribution in [2.24, 2.45) is 0 Å². The Morgan fingerprint density at radius 3 is 2.72 bits per heavy atom. The van der Waals surface area contributed by atoms with E-state index in [2.05, 4.69) is 32.4 Å². The lowest BCUT2D eigenvalue weighted by atomic mass is 10.2. The highest BCUT2D eigenvalue weighted by molar-refractivity contribution is 8.00. The largest absolute Gasteiger partial charge is 0.342 e. The van der Waals surface area contributed by atoms with Crippen LogP contribution in [0, 0.1) is 12.7 Å². The number of thioether (sulfide) groups is 1. The van der Waals surface area contributed by atoms with Crippen LogP contribution in [0.3, 0.4) is 0 Å². The van der Waals surface area contributed by atoms with Gasteiger partial charge in [0, 0.05) is 11.9 Å². The van der Waals surface area contributed by atoms with Crippen molar-refractivity contribution in [3.8, 4) is 0 Å². The molecule has 0 fully saturated rings. The van der Waals surface area contributed by atoms with E-state index >= 15 is 0 Å². The molecule has 2 aromatic heterocycles. The van der Waals surface area contributed by atoms with Gasteiger partial charge >= 0.3 is 0 Å². The van der Waals surface area contributed by atoms with E-state index in [-0.39, 0.29) is 11.5 Å². The summed E-state index contributed by atoms with van der Waals surface area (Å²) in [6.07, 6.45) is 1.67. The number of nitrogens with one attached hydrogen (secondary N) is 2. The van der Waals surface area contributed by atoms with Crippen molar-refractivity contribution in [2.75, 3.05) is 5.32 Å². The van der Waals surface area contributed by atoms with Crippen molar-refractivity contribution in [2.45, 2.75) is 43.8 Å². The van der Waals surface area contributed by atoms with Crippen LogP contribution in [0.15, 0.2) is 47.5 Å². The van der Waals surface area contributed by atoms with Crippen LogP contribution >= 0.6 is 23.1 Å². The summed E-state index contributed by atoms with van der Waals surface area (Å²) in [5.74, 6) is -0.888. The number of aromatic nitrogens is 4. The molecule has 0 saturated heterocycles. The van der Waals surface area contributed by atoms with Crippen LogP contribution < -0.4 is 10.6 Å². The minimum Gasteiger partial charge on any atom is -0.342 e. The molecule has 1 aromatic carbocycles. The first-order valence-corrected chi connectivity index (χ1v) is 11.5. The van der Waals surface area contributed by atoms with Crippen LogP contribution in [-0.4, -0.2) is 36.8 Å². The molecule has 0 spiro atoms. The van der Waals surface area contributed by atoms with Crippen molar-refractivity contribution >= 4 is 40.0 Å². The molecule has 0 aliphatic heterocycles. The summed E-state index contributed by atoms with van der Waals surface area (Å²) in [6.45, 7) is 9.49. The zero-order valence-electron chi connectivity index (χ0n) is 17.8. The fourth-order valence-electron chi connectivity index (χ4n) is 2.82. The number of thiazole rings is 1. The minimum atomic E-state index is -0.601. The molecule has 2 amide bonds. The summed E-state index contributed by atoms with van der Waals surface area (Å²) < 4.78 is 15.7. The Morgan fingerprint density at radius 1 is 1.31 bits per heavy atom. The molecule has 0 aliphatic carbocycles. The zero-order chi connectivity index (χ0) is 23.3. The standard InChI is InChI=1S/C21H23FN6O2S2/c1-5-10-28-17(13(3)24-19(30)15-8-6-7-9-16(15)22)26-27-21(28)32-14(4)18(29)25-20-23-12(2)11-31-20/h5-9,11,13-14H,1,10H2,2-4H3,(H,24,30)(H,23,25,29)/t13-,14-/m1/s1. The number of anilines is 1. The van der Waals surface area contributed by atoms with Gasteiger partial charge in [0.05, 0.1) is 22.5 Å². The van der Waals surface area contributed by atoms with Gasteiger partial charge in [0.15, 0.2) is 16.1 Å². The molecule has 3 rings (SSSR count). The van der Waals surface area contributed by atoms with Crippen molar-refractivity contribution < 1.29 is 14.0 Å². The SMILES string of the molecule is C=CCn1c(S[C@H](C)C(=O)Nc2nc(C)cs2)nnc1[C@@H](C)NC(=O)c1ccccc1F. The number of halogens is 1. The summed E-state index contributed by atoms with van der Waals surface area (Å²) in [5, 5.41) is 16.4. The highest BCUT2D eigenvalue weighted by Crippen LogP contribution is 2.26. The van der Waals surface area contributed by atoms with Gasteiger partial charge in [-0.25, -0.2) is 9.37 Å². The molecule has 0 saturated carbocycles. The number of aryl methyl sites for hydroxylation is 1. The molecule has 11 heteroatoms. The molecule has 168 valence electrons. The lowest BCUT2D eigenvalue weighted by Crippen LogP contribution is -2.29. The summed E-state index contributed by atoms with van der Waals surface area (Å²) >= 11 is 2.59. The molecule has 32 heavy (non-hydrogen) atoms. The number of allylic oxidation sites excluding steroid dienone is 1. The monoisotopic (exact) mass is 474 g/mol. The molecular formula is C21H23FN6O2S2. The second-order valence-corrected chi connectivity index (χ2v) is 9.12. The number of benzene rings is 1. The van der Waals surface area contributed by atoms with Crippen LogP contribution in [0.25, 0.3) is 0 Å². The number of amides is 2. The Morgan fingerprint density at radius 2 is 2.06 bits per heavy atom. The Bertz CT molecular complexity index is 1130. The van der Waals surface area contributed by atoms with E-state index in [0.717, 1.165) is 5.69 Å². The summed E-state index contributed by atoms with van der Waals surface area (Å²) in [4.78, 5) is 29.2. The lowest BCUT2D eigenvalue weighted by Gasteiger charge is -2.16. The number of hydrogen-bond acceptors (Lipinski definition) is 7. The number of rotatable bonds is 9. The summed E-state index contributed by atoms with van der Waals surface area (Å²) in [5.41, 5.74) is 0.791. The summed E-state index contributed by atoms with van der Waals surface area (Å²) in [7, 11) is 0. The molecule has 0 aliphatic rings. The highest BCUT2D eigenvalue weighted by Gasteiger charge is 2.24. The smallest absolute Gasteiger partial charge is 0.254 e. The van der Waals surface area contributed by atoms with E-state index < -0.39 is 23.0 Å². The molecule has 2 heterocycles. The van der Waals surface area contributed by atoms with Crippen LogP contribution in [0.1, 0.15) is 41.8 Å². The van der Waals surface area contributed by atoms with E-state index in [0.29, 0.717) is 22.7 Å². The predicted molar refractivity (Wildman–Crippen MR) is 123 cm³/mol. The number of nitrogens with zero attached hydrogens (tertiary/aromatic N) is 4. The lowest BCUT2D eigenvalue weighted by molar-refractivity contribution is -0.115. The zero-order valence-corrected chi connectivity index (χ0v) is 19.5. The topological polar surface area (TPSA) is 102 Å². The molecule has 0 unspecified atom stereocenters. The molecular weight excluding hydrogens is 451 g/mol. The first-order chi connectivity index (χ1) is 15.3. The Labute approximate surface area is 193 Å². The molecule has 2 N–H and O–H groups in total. The Balaban J connectivity index is 1.72. The summed E-state index contributed by atoms with van der Waals surface area (Å²) in [6, 6.07) is 5.21. The third kappa shape index (κ3) is 5.60. The van der Waals surface area contributed by atoms with Crippen molar-refractivity contribution in [1.29, 1.82) is 0 Å². The molecule has 8 nitrogen and oxygen atoms in total.